The van der Waals surface area contributed by atoms with Gasteiger partial charge in [-0.15, -0.1) is 0 Å². The Morgan fingerprint density at radius 2 is 2.21 bits per heavy atom. The van der Waals surface area contributed by atoms with E-state index in [-0.39, 0.29) is 24.5 Å². The highest BCUT2D eigenvalue weighted by atomic mass is 16.4. The van der Waals surface area contributed by atoms with Crippen molar-refractivity contribution in [1.29, 1.82) is 0 Å². The molecule has 6 heteroatoms. The van der Waals surface area contributed by atoms with Crippen molar-refractivity contribution in [2.45, 2.75) is 24.9 Å². The lowest BCUT2D eigenvalue weighted by Crippen LogP contribution is -2.43. The smallest absolute Gasteiger partial charge is 0.317 e. The van der Waals surface area contributed by atoms with Gasteiger partial charge in [-0.3, -0.25) is 9.59 Å². The van der Waals surface area contributed by atoms with Crippen LogP contribution in [0.5, 0.6) is 0 Å². The summed E-state index contributed by atoms with van der Waals surface area (Å²) in [4.78, 5) is 21.0. The van der Waals surface area contributed by atoms with Crippen molar-refractivity contribution in [3.8, 4) is 0 Å². The van der Waals surface area contributed by atoms with Gasteiger partial charge in [0.1, 0.15) is 0 Å². The number of carbonyl (C=O) groups is 2. The molecule has 0 aliphatic carbocycles. The summed E-state index contributed by atoms with van der Waals surface area (Å²) in [5.41, 5.74) is 5.12. The normalized spacial score (nSPS) is 26.3. The van der Waals surface area contributed by atoms with Gasteiger partial charge >= 0.3 is 5.97 Å². The maximum atomic E-state index is 10.8. The zero-order valence-corrected chi connectivity index (χ0v) is 7.82. The van der Waals surface area contributed by atoms with E-state index in [1.54, 1.807) is 0 Å². The molecule has 6 nitrogen and oxygen atoms in total. The molecule has 5 N–H and O–H groups in total. The minimum absolute atomic E-state index is 0.0561. The number of carbonyl (C=O) groups excluding carboxylic acids is 1. The first-order chi connectivity index (χ1) is 6.59. The molecule has 0 spiro atoms. The van der Waals surface area contributed by atoms with Crippen molar-refractivity contribution in [3.05, 3.63) is 0 Å². The Morgan fingerprint density at radius 1 is 1.50 bits per heavy atom. The van der Waals surface area contributed by atoms with Crippen LogP contribution in [0.2, 0.25) is 0 Å². The predicted molar refractivity (Wildman–Crippen MR) is 49.6 cm³/mol. The Balaban J connectivity index is 2.16. The van der Waals surface area contributed by atoms with Crippen LogP contribution in [0.1, 0.15) is 12.8 Å². The molecule has 0 bridgehead atoms. The largest absolute Gasteiger partial charge is 0.480 e. The number of primary amides is 1. The van der Waals surface area contributed by atoms with E-state index in [9.17, 15) is 9.59 Å². The van der Waals surface area contributed by atoms with Gasteiger partial charge in [-0.1, -0.05) is 0 Å². The number of hydrogen-bond acceptors (Lipinski definition) is 4. The van der Waals surface area contributed by atoms with Crippen molar-refractivity contribution in [2.24, 2.45) is 5.73 Å². The summed E-state index contributed by atoms with van der Waals surface area (Å²) in [7, 11) is 0. The molecule has 0 saturated carbocycles. The number of nitrogens with one attached hydrogen (secondary N) is 2. The highest BCUT2D eigenvalue weighted by Gasteiger charge is 2.26. The monoisotopic (exact) mass is 201 g/mol. The quantitative estimate of drug-likeness (QED) is 0.423. The summed E-state index contributed by atoms with van der Waals surface area (Å²) in [6, 6.07) is -0.113. The molecule has 1 aliphatic heterocycles. The van der Waals surface area contributed by atoms with Gasteiger partial charge in [-0.2, -0.15) is 0 Å². The Kier molecular flexibility index (Phi) is 3.84. The summed E-state index contributed by atoms with van der Waals surface area (Å²) in [6.07, 6.45) is 1.58. The summed E-state index contributed by atoms with van der Waals surface area (Å²) in [5, 5.41) is 14.2. The van der Waals surface area contributed by atoms with Crippen LogP contribution in [0, 0.1) is 0 Å². The molecule has 0 aromatic carbocycles. The lowest BCUT2D eigenvalue weighted by molar-refractivity contribution is -0.136. The SMILES string of the molecule is NC(=O)C1CCC(CNCC(=O)O)N1. The second-order valence-corrected chi connectivity index (χ2v) is 3.42. The lowest BCUT2D eigenvalue weighted by atomic mass is 10.2. The summed E-state index contributed by atoms with van der Waals surface area (Å²) in [6.45, 7) is 0.496. The first-order valence-corrected chi connectivity index (χ1v) is 4.57. The molecule has 80 valence electrons. The second kappa shape index (κ2) is 4.92. The van der Waals surface area contributed by atoms with Gasteiger partial charge in [0.2, 0.25) is 5.91 Å². The van der Waals surface area contributed by atoms with Crippen LogP contribution in [-0.2, 0) is 9.59 Å². The molecule has 0 aromatic heterocycles. The van der Waals surface area contributed by atoms with Crippen LogP contribution >= 0.6 is 0 Å². The van der Waals surface area contributed by atoms with E-state index in [2.05, 4.69) is 10.6 Å². The molecule has 1 heterocycles. The number of hydrogen-bond donors (Lipinski definition) is 4. The van der Waals surface area contributed by atoms with Gasteiger partial charge in [0.25, 0.3) is 0 Å². The van der Waals surface area contributed by atoms with Gasteiger partial charge in [0.15, 0.2) is 0 Å². The fraction of sp³-hybridized carbons (Fsp3) is 0.750. The molecule has 2 unspecified atom stereocenters. The zero-order chi connectivity index (χ0) is 10.6. The van der Waals surface area contributed by atoms with E-state index < -0.39 is 5.97 Å². The fourth-order valence-corrected chi connectivity index (χ4v) is 1.56. The summed E-state index contributed by atoms with van der Waals surface area (Å²) >= 11 is 0. The van der Waals surface area contributed by atoms with Crippen molar-refractivity contribution in [3.63, 3.8) is 0 Å². The van der Waals surface area contributed by atoms with Gasteiger partial charge < -0.3 is 21.5 Å². The van der Waals surface area contributed by atoms with Crippen molar-refractivity contribution < 1.29 is 14.7 Å². The molecule has 1 saturated heterocycles. The standard InChI is InChI=1S/C8H15N3O3/c9-8(14)6-2-1-5(11-6)3-10-4-7(12)13/h5-6,10-11H,1-4H2,(H2,9,14)(H,12,13). The second-order valence-electron chi connectivity index (χ2n) is 3.42. The maximum Gasteiger partial charge on any atom is 0.317 e. The van der Waals surface area contributed by atoms with Gasteiger partial charge in [-0.05, 0) is 12.8 Å². The molecule has 14 heavy (non-hydrogen) atoms. The first-order valence-electron chi connectivity index (χ1n) is 4.57. The van der Waals surface area contributed by atoms with Gasteiger partial charge in [0, 0.05) is 12.6 Å². The molecule has 2 atom stereocenters. The number of rotatable bonds is 5. The van der Waals surface area contributed by atoms with E-state index in [1.807, 2.05) is 0 Å². The Labute approximate surface area is 81.8 Å². The first kappa shape index (κ1) is 10.9. The van der Waals surface area contributed by atoms with Crippen LogP contribution < -0.4 is 16.4 Å². The fourth-order valence-electron chi connectivity index (χ4n) is 1.56. The van der Waals surface area contributed by atoms with Crippen LogP contribution in [0.3, 0.4) is 0 Å². The molecular formula is C8H15N3O3. The Bertz CT molecular complexity index is 232. The topological polar surface area (TPSA) is 104 Å². The zero-order valence-electron chi connectivity index (χ0n) is 7.82. The molecule has 1 fully saturated rings. The van der Waals surface area contributed by atoms with Gasteiger partial charge in [-0.25, -0.2) is 0 Å². The van der Waals surface area contributed by atoms with Crippen LogP contribution in [-0.4, -0.2) is 42.2 Å². The van der Waals surface area contributed by atoms with E-state index in [4.69, 9.17) is 10.8 Å². The minimum Gasteiger partial charge on any atom is -0.480 e. The number of amides is 1. The number of nitrogens with two attached hydrogens (primary N) is 1. The Morgan fingerprint density at radius 3 is 2.71 bits per heavy atom. The maximum absolute atomic E-state index is 10.8. The number of carboxylic acids is 1. The third-order valence-electron chi connectivity index (χ3n) is 2.25. The van der Waals surface area contributed by atoms with E-state index >= 15 is 0 Å². The molecule has 1 amide bonds. The van der Waals surface area contributed by atoms with Crippen molar-refractivity contribution >= 4 is 11.9 Å². The van der Waals surface area contributed by atoms with Crippen molar-refractivity contribution in [1.82, 2.24) is 10.6 Å². The average molecular weight is 201 g/mol. The van der Waals surface area contributed by atoms with Gasteiger partial charge in [0.05, 0.1) is 12.6 Å². The highest BCUT2D eigenvalue weighted by Crippen LogP contribution is 2.10. The molecule has 1 rings (SSSR count). The minimum atomic E-state index is -0.880. The number of carboxylic acid groups (broad SMARTS) is 1. The molecule has 1 aliphatic rings. The molecule has 0 aromatic rings. The highest BCUT2D eigenvalue weighted by molar-refractivity contribution is 5.80. The summed E-state index contributed by atoms with van der Waals surface area (Å²) < 4.78 is 0. The van der Waals surface area contributed by atoms with Crippen LogP contribution in [0.25, 0.3) is 0 Å². The van der Waals surface area contributed by atoms with E-state index in [0.29, 0.717) is 6.54 Å². The molecular weight excluding hydrogens is 186 g/mol. The average Bonchev–Trinajstić information content (AvgIpc) is 2.52. The van der Waals surface area contributed by atoms with Crippen LogP contribution in [0.4, 0.5) is 0 Å². The third-order valence-corrected chi connectivity index (χ3v) is 2.25. The third kappa shape index (κ3) is 3.31. The van der Waals surface area contributed by atoms with E-state index in [0.717, 1.165) is 12.8 Å². The predicted octanol–water partition coefficient (Wildman–Crippen LogP) is -1.73. The number of aliphatic carboxylic acids is 1. The lowest BCUT2D eigenvalue weighted by Gasteiger charge is -2.11. The van der Waals surface area contributed by atoms with E-state index in [1.165, 1.54) is 0 Å². The van der Waals surface area contributed by atoms with Crippen LogP contribution in [0.15, 0.2) is 0 Å². The summed E-state index contributed by atoms with van der Waals surface area (Å²) in [5.74, 6) is -1.22. The van der Waals surface area contributed by atoms with Crippen molar-refractivity contribution in [2.75, 3.05) is 13.1 Å². The molecule has 0 radical (unpaired) electrons. The Hall–Kier alpha value is -1.14.